The van der Waals surface area contributed by atoms with E-state index in [2.05, 4.69) is 9.59 Å². The fourth-order valence-corrected chi connectivity index (χ4v) is 4.60. The van der Waals surface area contributed by atoms with Gasteiger partial charge in [0.25, 0.3) is 5.91 Å². The Morgan fingerprint density at radius 3 is 2.54 bits per heavy atom. The minimum atomic E-state index is -3.50. The molecule has 0 spiro atoms. The molecule has 0 bridgehead atoms. The zero-order valence-corrected chi connectivity index (χ0v) is 16.0. The van der Waals surface area contributed by atoms with Crippen molar-refractivity contribution in [2.24, 2.45) is 0 Å². The molecule has 1 aromatic heterocycles. The number of carbonyl (C=O) groups excluding carboxylic acids is 1. The van der Waals surface area contributed by atoms with Gasteiger partial charge < -0.3 is 4.90 Å². The van der Waals surface area contributed by atoms with E-state index in [9.17, 15) is 13.2 Å². The van der Waals surface area contributed by atoms with E-state index >= 15 is 0 Å². The maximum atomic E-state index is 12.6. The maximum Gasteiger partial charge on any atom is 0.267 e. The second-order valence-electron chi connectivity index (χ2n) is 5.85. The number of nitrogens with zero attached hydrogens (tertiary/aromatic N) is 4. The van der Waals surface area contributed by atoms with Crippen LogP contribution in [0.1, 0.15) is 27.9 Å². The predicted octanol–water partition coefficient (Wildman–Crippen LogP) is 1.86. The molecule has 0 radical (unpaired) electrons. The lowest BCUT2D eigenvalue weighted by Crippen LogP contribution is -2.50. The molecule has 7 nitrogen and oxygen atoms in total. The lowest BCUT2D eigenvalue weighted by molar-refractivity contribution is 0.0702. The summed E-state index contributed by atoms with van der Waals surface area (Å²) in [7, 11) is -3.50. The molecule has 138 valence electrons. The average Bonchev–Trinajstić information content (AvgIpc) is 3.15. The minimum absolute atomic E-state index is 0.117. The van der Waals surface area contributed by atoms with Crippen LogP contribution in [0.4, 0.5) is 0 Å². The molecule has 0 saturated carbocycles. The maximum absolute atomic E-state index is 12.6. The van der Waals surface area contributed by atoms with E-state index in [4.69, 9.17) is 0 Å². The molecule has 26 heavy (non-hydrogen) atoms. The van der Waals surface area contributed by atoms with Gasteiger partial charge >= 0.3 is 0 Å². The Labute approximate surface area is 157 Å². The third-order valence-electron chi connectivity index (χ3n) is 4.20. The third-order valence-corrected chi connectivity index (χ3v) is 6.52. The van der Waals surface area contributed by atoms with Gasteiger partial charge in [0.15, 0.2) is 0 Å². The molecule has 1 fully saturated rings. The highest BCUT2D eigenvalue weighted by atomic mass is 32.2. The van der Waals surface area contributed by atoms with Crippen LogP contribution in [-0.4, -0.2) is 59.3 Å². The van der Waals surface area contributed by atoms with Crippen LogP contribution < -0.4 is 0 Å². The van der Waals surface area contributed by atoms with Crippen molar-refractivity contribution >= 4 is 33.5 Å². The Morgan fingerprint density at radius 1 is 1.19 bits per heavy atom. The Morgan fingerprint density at radius 2 is 1.88 bits per heavy atom. The molecule has 0 unspecified atom stereocenters. The van der Waals surface area contributed by atoms with Crippen molar-refractivity contribution in [2.75, 3.05) is 26.2 Å². The Bertz CT molecular complexity index is 886. The van der Waals surface area contributed by atoms with Gasteiger partial charge in [-0.3, -0.25) is 4.79 Å². The first-order valence-corrected chi connectivity index (χ1v) is 10.6. The SMILES string of the molecule is CCc1nnsc1C(=O)N1CCN(S(=O)(=O)/C=C/c2ccccc2)CC1. The van der Waals surface area contributed by atoms with E-state index in [0.717, 1.165) is 17.1 Å². The molecule has 0 aliphatic carbocycles. The van der Waals surface area contributed by atoms with Crippen molar-refractivity contribution in [3.05, 3.63) is 51.9 Å². The molecule has 0 atom stereocenters. The highest BCUT2D eigenvalue weighted by Gasteiger charge is 2.29. The normalized spacial score (nSPS) is 16.3. The van der Waals surface area contributed by atoms with Crippen LogP contribution in [-0.2, 0) is 16.4 Å². The second kappa shape index (κ2) is 8.07. The first kappa shape index (κ1) is 18.7. The summed E-state index contributed by atoms with van der Waals surface area (Å²) in [6, 6.07) is 9.28. The van der Waals surface area contributed by atoms with E-state index < -0.39 is 10.0 Å². The standard InChI is InChI=1S/C17H20N4O3S2/c1-2-15-16(25-19-18-15)17(22)20-9-11-21(12-10-20)26(23,24)13-8-14-6-4-3-5-7-14/h3-8,13H,2,9-12H2,1H3/b13-8+. The second-order valence-corrected chi connectivity index (χ2v) is 8.42. The summed E-state index contributed by atoms with van der Waals surface area (Å²) < 4.78 is 30.2. The summed E-state index contributed by atoms with van der Waals surface area (Å²) in [6.45, 7) is 3.20. The van der Waals surface area contributed by atoms with E-state index in [-0.39, 0.29) is 19.0 Å². The molecular formula is C17H20N4O3S2. The first-order valence-electron chi connectivity index (χ1n) is 8.35. The van der Waals surface area contributed by atoms with Crippen LogP contribution in [0, 0.1) is 0 Å². The number of aromatic nitrogens is 2. The van der Waals surface area contributed by atoms with Gasteiger partial charge in [-0.1, -0.05) is 41.7 Å². The van der Waals surface area contributed by atoms with E-state index in [1.165, 1.54) is 9.71 Å². The van der Waals surface area contributed by atoms with Crippen LogP contribution in [0.2, 0.25) is 0 Å². The Balaban J connectivity index is 1.62. The number of rotatable bonds is 5. The summed E-state index contributed by atoms with van der Waals surface area (Å²) in [4.78, 5) is 14.8. The van der Waals surface area contributed by atoms with Crippen molar-refractivity contribution in [3.63, 3.8) is 0 Å². The number of carbonyl (C=O) groups is 1. The number of aryl methyl sites for hydroxylation is 1. The Kier molecular flexibility index (Phi) is 5.80. The summed E-state index contributed by atoms with van der Waals surface area (Å²) in [5, 5.41) is 5.19. The highest BCUT2D eigenvalue weighted by molar-refractivity contribution is 7.92. The average molecular weight is 393 g/mol. The summed E-state index contributed by atoms with van der Waals surface area (Å²) in [5.41, 5.74) is 1.52. The summed E-state index contributed by atoms with van der Waals surface area (Å²) in [6.07, 6.45) is 2.24. The lowest BCUT2D eigenvalue weighted by Gasteiger charge is -2.33. The minimum Gasteiger partial charge on any atom is -0.335 e. The fourth-order valence-electron chi connectivity index (χ4n) is 2.71. The van der Waals surface area contributed by atoms with E-state index in [1.807, 2.05) is 37.3 Å². The molecule has 1 aliphatic heterocycles. The number of benzene rings is 1. The van der Waals surface area contributed by atoms with Gasteiger partial charge in [0.1, 0.15) is 4.88 Å². The largest absolute Gasteiger partial charge is 0.335 e. The molecule has 1 aliphatic rings. The molecule has 9 heteroatoms. The van der Waals surface area contributed by atoms with Gasteiger partial charge in [-0.05, 0) is 29.6 Å². The number of piperazine rings is 1. The first-order chi connectivity index (χ1) is 12.5. The van der Waals surface area contributed by atoms with Gasteiger partial charge in [-0.2, -0.15) is 4.31 Å². The van der Waals surface area contributed by atoms with Crippen LogP contribution in [0.15, 0.2) is 35.7 Å². The third kappa shape index (κ3) is 4.17. The quantitative estimate of drug-likeness (QED) is 0.776. The molecule has 3 rings (SSSR count). The van der Waals surface area contributed by atoms with Crippen molar-refractivity contribution in [2.45, 2.75) is 13.3 Å². The van der Waals surface area contributed by atoms with E-state index in [1.54, 1.807) is 11.0 Å². The van der Waals surface area contributed by atoms with Crippen LogP contribution in [0.3, 0.4) is 0 Å². The predicted molar refractivity (Wildman–Crippen MR) is 101 cm³/mol. The molecule has 2 aromatic rings. The highest BCUT2D eigenvalue weighted by Crippen LogP contribution is 2.17. The molecule has 1 saturated heterocycles. The van der Waals surface area contributed by atoms with Gasteiger partial charge in [0, 0.05) is 31.6 Å². The van der Waals surface area contributed by atoms with Crippen molar-refractivity contribution in [3.8, 4) is 0 Å². The number of hydrogen-bond acceptors (Lipinski definition) is 6. The molecule has 0 N–H and O–H groups in total. The van der Waals surface area contributed by atoms with Gasteiger partial charge in [0.2, 0.25) is 10.0 Å². The fraction of sp³-hybridized carbons (Fsp3) is 0.353. The topological polar surface area (TPSA) is 83.5 Å². The van der Waals surface area contributed by atoms with Crippen LogP contribution in [0.25, 0.3) is 6.08 Å². The summed E-state index contributed by atoms with van der Waals surface area (Å²) in [5.74, 6) is -0.117. The van der Waals surface area contributed by atoms with Gasteiger partial charge in [-0.15, -0.1) is 5.10 Å². The number of amides is 1. The van der Waals surface area contributed by atoms with Gasteiger partial charge in [-0.25, -0.2) is 8.42 Å². The summed E-state index contributed by atoms with van der Waals surface area (Å²) >= 11 is 1.09. The van der Waals surface area contributed by atoms with Crippen LogP contribution in [0.5, 0.6) is 0 Å². The molecule has 2 heterocycles. The Hall–Kier alpha value is -2.10. The van der Waals surface area contributed by atoms with E-state index in [0.29, 0.717) is 30.1 Å². The zero-order chi connectivity index (χ0) is 18.6. The lowest BCUT2D eigenvalue weighted by atomic mass is 10.2. The number of hydrogen-bond donors (Lipinski definition) is 0. The molecule has 1 aromatic carbocycles. The smallest absolute Gasteiger partial charge is 0.267 e. The van der Waals surface area contributed by atoms with Crippen molar-refractivity contribution in [1.82, 2.24) is 18.8 Å². The van der Waals surface area contributed by atoms with Gasteiger partial charge in [0.05, 0.1) is 5.69 Å². The van der Waals surface area contributed by atoms with Crippen LogP contribution >= 0.6 is 11.5 Å². The molecule has 1 amide bonds. The monoisotopic (exact) mass is 392 g/mol. The number of sulfonamides is 1. The van der Waals surface area contributed by atoms with Crippen molar-refractivity contribution in [1.29, 1.82) is 0 Å². The zero-order valence-electron chi connectivity index (χ0n) is 14.4. The molecular weight excluding hydrogens is 372 g/mol. The van der Waals surface area contributed by atoms with Crippen molar-refractivity contribution < 1.29 is 13.2 Å².